The average molecular weight is 603 g/mol. The molecule has 0 bridgehead atoms. The monoisotopic (exact) mass is 602 g/mol. The Labute approximate surface area is 240 Å². The zero-order valence-corrected chi connectivity index (χ0v) is 24.7. The van der Waals surface area contributed by atoms with Gasteiger partial charge in [-0.05, 0) is 62.1 Å². The van der Waals surface area contributed by atoms with Crippen LogP contribution in [0, 0.1) is 0 Å². The molecule has 0 unspecified atom stereocenters. The van der Waals surface area contributed by atoms with Crippen molar-refractivity contribution < 1.29 is 21.6 Å². The molecule has 3 heterocycles. The lowest BCUT2D eigenvalue weighted by atomic mass is 10.1. The number of nitrogens with zero attached hydrogens (tertiary/aromatic N) is 3. The molecule has 2 fully saturated rings. The molecule has 1 N–H and O–H groups in total. The average Bonchev–Trinajstić information content (AvgIpc) is 3.28. The number of ketones is 1. The molecule has 214 valence electrons. The Bertz CT molecular complexity index is 1520. The van der Waals surface area contributed by atoms with Crippen LogP contribution in [0.2, 0.25) is 0 Å². The Morgan fingerprint density at radius 3 is 1.73 bits per heavy atom. The van der Waals surface area contributed by atoms with E-state index in [0.717, 1.165) is 50.5 Å². The second kappa shape index (κ2) is 12.5. The van der Waals surface area contributed by atoms with Crippen molar-refractivity contribution in [2.24, 2.45) is 0 Å². The number of hydrogen-bond acceptors (Lipinski definition) is 8. The minimum atomic E-state index is -3.54. The van der Waals surface area contributed by atoms with E-state index in [1.165, 1.54) is 27.8 Å². The third-order valence-corrected chi connectivity index (χ3v) is 12.0. The van der Waals surface area contributed by atoms with Crippen LogP contribution in [0.1, 0.15) is 55.3 Å². The van der Waals surface area contributed by atoms with E-state index in [2.05, 4.69) is 10.3 Å². The lowest BCUT2D eigenvalue weighted by Crippen LogP contribution is -2.35. The van der Waals surface area contributed by atoms with E-state index < -0.39 is 20.0 Å². The summed E-state index contributed by atoms with van der Waals surface area (Å²) in [5.74, 6) is -0.179. The van der Waals surface area contributed by atoms with Crippen molar-refractivity contribution in [1.82, 2.24) is 13.6 Å². The number of piperidine rings is 1. The predicted octanol–water partition coefficient (Wildman–Crippen LogP) is 4.84. The third-order valence-electron chi connectivity index (χ3n) is 7.39. The third kappa shape index (κ3) is 6.46. The highest BCUT2D eigenvalue weighted by Gasteiger charge is 2.27. The molecule has 0 spiro atoms. The second-order valence-corrected chi connectivity index (χ2v) is 14.9. The lowest BCUT2D eigenvalue weighted by Gasteiger charge is -2.25. The highest BCUT2D eigenvalue weighted by Crippen LogP contribution is 2.28. The molecule has 2 saturated heterocycles. The molecule has 0 atom stereocenters. The van der Waals surface area contributed by atoms with Crippen molar-refractivity contribution in [3.63, 3.8) is 0 Å². The number of anilines is 1. The molecule has 2 aromatic carbocycles. The van der Waals surface area contributed by atoms with Gasteiger partial charge in [0.25, 0.3) is 0 Å². The number of sulfonamides is 2. The predicted molar refractivity (Wildman–Crippen MR) is 157 cm³/mol. The summed E-state index contributed by atoms with van der Waals surface area (Å²) in [5, 5.41) is 5.46. The maximum Gasteiger partial charge on any atom is 0.243 e. The van der Waals surface area contributed by atoms with E-state index in [9.17, 15) is 21.6 Å². The fourth-order valence-corrected chi connectivity index (χ4v) is 8.79. The molecule has 0 amide bonds. The molecule has 2 aliphatic heterocycles. The molecule has 40 heavy (non-hydrogen) atoms. The van der Waals surface area contributed by atoms with Crippen LogP contribution >= 0.6 is 11.3 Å². The normalized spacial score (nSPS) is 17.8. The number of carbonyl (C=O) groups is 1. The van der Waals surface area contributed by atoms with Crippen LogP contribution in [-0.2, 0) is 20.0 Å². The Morgan fingerprint density at radius 1 is 0.725 bits per heavy atom. The van der Waals surface area contributed by atoms with Crippen LogP contribution in [0.3, 0.4) is 0 Å². The molecule has 0 aliphatic carbocycles. The van der Waals surface area contributed by atoms with Gasteiger partial charge in [-0.3, -0.25) is 4.79 Å². The molecule has 9 nitrogen and oxygen atoms in total. The number of aromatic nitrogens is 1. The molecule has 1 aromatic heterocycles. The van der Waals surface area contributed by atoms with Crippen molar-refractivity contribution in [2.45, 2.75) is 54.7 Å². The van der Waals surface area contributed by atoms with Crippen LogP contribution in [0.4, 0.5) is 5.13 Å². The van der Waals surface area contributed by atoms with Gasteiger partial charge < -0.3 is 5.32 Å². The molecular formula is C28H34N4O5S3. The number of rotatable bonds is 9. The van der Waals surface area contributed by atoms with Crippen molar-refractivity contribution in [1.29, 1.82) is 0 Å². The Morgan fingerprint density at radius 2 is 1.20 bits per heavy atom. The SMILES string of the molecule is O=C(CNc1nc(-c2ccc(S(=O)(=O)N3CCCCCC3)cc2)cs1)c1ccc(S(=O)(=O)N2CCCCC2)cc1. The first-order valence-corrected chi connectivity index (χ1v) is 17.4. The van der Waals surface area contributed by atoms with Gasteiger partial charge in [0.15, 0.2) is 10.9 Å². The van der Waals surface area contributed by atoms with Crippen LogP contribution < -0.4 is 5.32 Å². The summed E-state index contributed by atoms with van der Waals surface area (Å²) < 4.78 is 54.8. The summed E-state index contributed by atoms with van der Waals surface area (Å²) in [5.41, 5.74) is 1.89. The zero-order chi connectivity index (χ0) is 28.2. The van der Waals surface area contributed by atoms with Crippen LogP contribution in [-0.4, -0.2) is 68.9 Å². The number of benzene rings is 2. The van der Waals surface area contributed by atoms with Crippen LogP contribution in [0.25, 0.3) is 11.3 Å². The highest BCUT2D eigenvalue weighted by molar-refractivity contribution is 7.89. The first-order chi connectivity index (χ1) is 19.2. The van der Waals surface area contributed by atoms with E-state index in [1.807, 2.05) is 5.38 Å². The van der Waals surface area contributed by atoms with Crippen molar-refractivity contribution >= 4 is 42.3 Å². The molecule has 0 saturated carbocycles. The minimum Gasteiger partial charge on any atom is -0.354 e. The Balaban J connectivity index is 1.18. The molecule has 0 radical (unpaired) electrons. The van der Waals surface area contributed by atoms with Gasteiger partial charge in [0, 0.05) is 42.7 Å². The van der Waals surface area contributed by atoms with Gasteiger partial charge in [0.1, 0.15) is 0 Å². The highest BCUT2D eigenvalue weighted by atomic mass is 32.2. The fourth-order valence-electron chi connectivity index (χ4n) is 5.04. The smallest absolute Gasteiger partial charge is 0.243 e. The van der Waals surface area contributed by atoms with Crippen molar-refractivity contribution in [3.8, 4) is 11.3 Å². The molecule has 2 aliphatic rings. The second-order valence-electron chi connectivity index (χ2n) is 10.1. The van der Waals surface area contributed by atoms with E-state index in [4.69, 9.17) is 0 Å². The number of hydrogen-bond donors (Lipinski definition) is 1. The maximum absolute atomic E-state index is 13.0. The quantitative estimate of drug-likeness (QED) is 0.348. The lowest BCUT2D eigenvalue weighted by molar-refractivity contribution is 0.101. The van der Waals surface area contributed by atoms with Gasteiger partial charge in [-0.1, -0.05) is 31.4 Å². The fraction of sp³-hybridized carbons (Fsp3) is 0.429. The van der Waals surface area contributed by atoms with Gasteiger partial charge in [-0.25, -0.2) is 21.8 Å². The molecular weight excluding hydrogens is 569 g/mol. The number of thiazole rings is 1. The summed E-state index contributed by atoms with van der Waals surface area (Å²) in [7, 11) is -7.05. The molecule has 3 aromatic rings. The van der Waals surface area contributed by atoms with Crippen molar-refractivity contribution in [3.05, 3.63) is 59.5 Å². The van der Waals surface area contributed by atoms with Crippen LogP contribution in [0.5, 0.6) is 0 Å². The van der Waals surface area contributed by atoms with Crippen LogP contribution in [0.15, 0.2) is 63.7 Å². The standard InChI is InChI=1S/C28H34N4O5S3/c33-27(23-10-14-25(15-11-23)40(36,37)32-18-6-3-7-19-32)20-29-28-30-26(21-38-28)22-8-12-24(13-9-22)39(34,35)31-16-4-1-2-5-17-31/h8-15,21H,1-7,16-20H2,(H,29,30). The van der Waals surface area contributed by atoms with E-state index >= 15 is 0 Å². The minimum absolute atomic E-state index is 0.0121. The van der Waals surface area contributed by atoms with Gasteiger partial charge in [0.05, 0.1) is 22.0 Å². The number of Topliss-reactive ketones (excluding diaryl/α,β-unsaturated/α-hetero) is 1. The maximum atomic E-state index is 13.0. The van der Waals surface area contributed by atoms with Gasteiger partial charge in [-0.2, -0.15) is 8.61 Å². The first-order valence-electron chi connectivity index (χ1n) is 13.7. The van der Waals surface area contributed by atoms with Crippen molar-refractivity contribution in [2.75, 3.05) is 38.0 Å². The van der Waals surface area contributed by atoms with E-state index in [-0.39, 0.29) is 22.1 Å². The number of nitrogens with one attached hydrogen (secondary N) is 1. The van der Waals surface area contributed by atoms with E-state index in [0.29, 0.717) is 42.6 Å². The largest absolute Gasteiger partial charge is 0.354 e. The number of carbonyl (C=O) groups excluding carboxylic acids is 1. The van der Waals surface area contributed by atoms with Gasteiger partial charge in [-0.15, -0.1) is 11.3 Å². The topological polar surface area (TPSA) is 117 Å². The first kappa shape index (κ1) is 28.9. The van der Waals surface area contributed by atoms with Gasteiger partial charge >= 0.3 is 0 Å². The Kier molecular flexibility index (Phi) is 9.01. The van der Waals surface area contributed by atoms with E-state index in [1.54, 1.807) is 40.7 Å². The summed E-state index contributed by atoms with van der Waals surface area (Å²) >= 11 is 1.35. The Hall–Kier alpha value is -2.64. The molecule has 12 heteroatoms. The summed E-state index contributed by atoms with van der Waals surface area (Å²) in [6.45, 7) is 2.20. The zero-order valence-electron chi connectivity index (χ0n) is 22.3. The van der Waals surface area contributed by atoms with Gasteiger partial charge in [0.2, 0.25) is 20.0 Å². The molecule has 5 rings (SSSR count). The summed E-state index contributed by atoms with van der Waals surface area (Å²) in [6, 6.07) is 12.9. The summed E-state index contributed by atoms with van der Waals surface area (Å²) in [4.78, 5) is 17.8. The summed E-state index contributed by atoms with van der Waals surface area (Å²) in [6.07, 6.45) is 6.68.